The van der Waals surface area contributed by atoms with Crippen LogP contribution in [-0.2, 0) is 10.9 Å². The van der Waals surface area contributed by atoms with Crippen LogP contribution in [0, 0.1) is 17.5 Å². The third-order valence-corrected chi connectivity index (χ3v) is 7.89. The van der Waals surface area contributed by atoms with Gasteiger partial charge in [0.1, 0.15) is 17.3 Å². The number of hydrogen-bond acceptors (Lipinski definition) is 7. The van der Waals surface area contributed by atoms with Crippen LogP contribution in [0.25, 0.3) is 11.1 Å². The van der Waals surface area contributed by atoms with Gasteiger partial charge in [0.15, 0.2) is 5.82 Å². The molecule has 8 nitrogen and oxygen atoms in total. The molecule has 1 aromatic heterocycles. The lowest BCUT2D eigenvalue weighted by molar-refractivity contribution is -0.138. The van der Waals surface area contributed by atoms with Crippen molar-refractivity contribution < 1.29 is 35.9 Å². The van der Waals surface area contributed by atoms with E-state index in [1.165, 1.54) is 12.4 Å². The highest BCUT2D eigenvalue weighted by Crippen LogP contribution is 2.40. The summed E-state index contributed by atoms with van der Waals surface area (Å²) in [5.41, 5.74) is -3.59. The topological polar surface area (TPSA) is 73.8 Å². The van der Waals surface area contributed by atoms with Crippen LogP contribution in [0.1, 0.15) is 29.8 Å². The second-order valence-corrected chi connectivity index (χ2v) is 10.7. The molecule has 14 heteroatoms. The number of amides is 1. The van der Waals surface area contributed by atoms with Crippen LogP contribution in [0.5, 0.6) is 0 Å². The van der Waals surface area contributed by atoms with Crippen molar-refractivity contribution in [2.45, 2.75) is 32.1 Å². The number of carbonyl (C=O) groups excluding carboxylic acids is 1. The van der Waals surface area contributed by atoms with Crippen LogP contribution in [-0.4, -0.2) is 79.3 Å². The van der Waals surface area contributed by atoms with E-state index < -0.39 is 51.9 Å². The van der Waals surface area contributed by atoms with Crippen molar-refractivity contribution in [3.8, 4) is 11.1 Å². The van der Waals surface area contributed by atoms with Crippen molar-refractivity contribution in [2.24, 2.45) is 0 Å². The minimum absolute atomic E-state index is 0.0352. The van der Waals surface area contributed by atoms with E-state index in [-0.39, 0.29) is 29.4 Å². The Balaban J connectivity index is 1.59. The standard InChI is InChI=1S/C29H30F6N6O2/c1-16-14-41(15-17(2)39(16)3)23-11-22(31)24(18-12-36-28(37-13-18)40-6-8-43-9-7-40)25(32)26(23)38-27(42)20-5-4-19(30)10-21(20)29(33,34)35/h4-5,10-13,16-17H,6-9,14-15H2,1-3H3,(H,38,42)/t16-,17+. The van der Waals surface area contributed by atoms with Crippen LogP contribution in [0.15, 0.2) is 36.7 Å². The van der Waals surface area contributed by atoms with Gasteiger partial charge in [-0.05, 0) is 39.1 Å². The zero-order valence-corrected chi connectivity index (χ0v) is 23.7. The van der Waals surface area contributed by atoms with Crippen LogP contribution in [0.2, 0.25) is 0 Å². The van der Waals surface area contributed by atoms with Gasteiger partial charge in [-0.25, -0.2) is 23.1 Å². The Morgan fingerprint density at radius 2 is 1.60 bits per heavy atom. The highest BCUT2D eigenvalue weighted by atomic mass is 19.4. The second-order valence-electron chi connectivity index (χ2n) is 10.7. The van der Waals surface area contributed by atoms with Crippen LogP contribution < -0.4 is 15.1 Å². The minimum atomic E-state index is -5.06. The molecule has 2 aliphatic rings. The van der Waals surface area contributed by atoms with Crippen molar-refractivity contribution >= 4 is 23.2 Å². The maximum absolute atomic E-state index is 16.4. The van der Waals surface area contributed by atoms with E-state index in [1.54, 1.807) is 4.90 Å². The Labute approximate surface area is 244 Å². The number of nitrogens with zero attached hydrogens (tertiary/aromatic N) is 5. The van der Waals surface area contributed by atoms with E-state index in [2.05, 4.69) is 20.2 Å². The molecule has 0 radical (unpaired) electrons. The molecule has 2 saturated heterocycles. The third kappa shape index (κ3) is 6.25. The number of alkyl halides is 3. The van der Waals surface area contributed by atoms with Crippen LogP contribution in [0.3, 0.4) is 0 Å². The van der Waals surface area contributed by atoms with Crippen LogP contribution >= 0.6 is 0 Å². The number of halogens is 6. The molecular formula is C29H30F6N6O2. The highest BCUT2D eigenvalue weighted by molar-refractivity contribution is 6.07. The van der Waals surface area contributed by atoms with E-state index in [4.69, 9.17) is 4.74 Å². The van der Waals surface area contributed by atoms with Crippen molar-refractivity contribution in [1.82, 2.24) is 14.9 Å². The fourth-order valence-electron chi connectivity index (χ4n) is 5.35. The number of anilines is 3. The van der Waals surface area contributed by atoms with Gasteiger partial charge in [0, 0.05) is 62.3 Å². The summed E-state index contributed by atoms with van der Waals surface area (Å²) >= 11 is 0. The molecule has 0 unspecified atom stereocenters. The molecule has 5 rings (SSSR count). The molecular weight excluding hydrogens is 578 g/mol. The average molecular weight is 609 g/mol. The van der Waals surface area contributed by atoms with E-state index in [9.17, 15) is 22.4 Å². The fraction of sp³-hybridized carbons (Fsp3) is 0.414. The predicted octanol–water partition coefficient (Wildman–Crippen LogP) is 5.20. The zero-order chi connectivity index (χ0) is 31.1. The molecule has 3 heterocycles. The number of rotatable bonds is 5. The molecule has 2 atom stereocenters. The summed E-state index contributed by atoms with van der Waals surface area (Å²) in [5, 5.41) is 2.24. The van der Waals surface area contributed by atoms with E-state index in [0.717, 1.165) is 6.07 Å². The molecule has 0 saturated carbocycles. The Morgan fingerprint density at radius 1 is 0.977 bits per heavy atom. The Kier molecular flexibility index (Phi) is 8.52. The number of hydrogen-bond donors (Lipinski definition) is 1. The summed E-state index contributed by atoms with van der Waals surface area (Å²) in [6.07, 6.45) is -2.58. The molecule has 3 aromatic rings. The lowest BCUT2D eigenvalue weighted by atomic mass is 10.0. The summed E-state index contributed by atoms with van der Waals surface area (Å²) in [4.78, 5) is 27.4. The number of aromatic nitrogens is 2. The number of morpholine rings is 1. The van der Waals surface area contributed by atoms with Crippen molar-refractivity contribution in [1.29, 1.82) is 0 Å². The van der Waals surface area contributed by atoms with Gasteiger partial charge < -0.3 is 19.9 Å². The molecule has 230 valence electrons. The molecule has 0 aliphatic carbocycles. The van der Waals surface area contributed by atoms with E-state index in [1.807, 2.05) is 25.8 Å². The summed E-state index contributed by atoms with van der Waals surface area (Å²) in [6, 6.07) is 2.52. The quantitative estimate of drug-likeness (QED) is 0.400. The summed E-state index contributed by atoms with van der Waals surface area (Å²) in [7, 11) is 1.91. The summed E-state index contributed by atoms with van der Waals surface area (Å²) < 4.78 is 92.2. The van der Waals surface area contributed by atoms with Gasteiger partial charge in [0.25, 0.3) is 5.91 Å². The molecule has 1 amide bonds. The molecule has 2 aromatic carbocycles. The SMILES string of the molecule is C[C@@H]1CN(c2cc(F)c(-c3cnc(N4CCOCC4)nc3)c(F)c2NC(=O)c2ccc(F)cc2C(F)(F)F)C[C@H](C)N1C. The van der Waals surface area contributed by atoms with Gasteiger partial charge in [-0.3, -0.25) is 9.69 Å². The minimum Gasteiger partial charge on any atom is -0.378 e. The average Bonchev–Trinajstić information content (AvgIpc) is 2.97. The van der Waals surface area contributed by atoms with Gasteiger partial charge in [0.2, 0.25) is 5.95 Å². The number of ether oxygens (including phenoxy) is 1. The lowest BCUT2D eigenvalue weighted by Crippen LogP contribution is -2.55. The molecule has 1 N–H and O–H groups in total. The van der Waals surface area contributed by atoms with Crippen molar-refractivity contribution in [3.05, 3.63) is 65.2 Å². The second kappa shape index (κ2) is 12.0. The largest absolute Gasteiger partial charge is 0.417 e. The Hall–Kier alpha value is -3.91. The summed E-state index contributed by atoms with van der Waals surface area (Å²) in [5.74, 6) is -4.36. The summed E-state index contributed by atoms with van der Waals surface area (Å²) in [6.45, 7) is 6.52. The fourth-order valence-corrected chi connectivity index (χ4v) is 5.35. The highest BCUT2D eigenvalue weighted by Gasteiger charge is 2.37. The number of nitrogens with one attached hydrogen (secondary N) is 1. The number of piperazine rings is 1. The monoisotopic (exact) mass is 608 g/mol. The first kappa shape index (κ1) is 30.5. The maximum atomic E-state index is 16.4. The molecule has 0 spiro atoms. The van der Waals surface area contributed by atoms with Crippen molar-refractivity contribution in [3.63, 3.8) is 0 Å². The lowest BCUT2D eigenvalue weighted by Gasteiger charge is -2.44. The Bertz CT molecular complexity index is 1480. The normalized spacial score (nSPS) is 19.9. The number of benzene rings is 2. The number of likely N-dealkylation sites (N-methyl/N-ethyl adjacent to an activating group) is 1. The van der Waals surface area contributed by atoms with Gasteiger partial charge in [-0.15, -0.1) is 0 Å². The third-order valence-electron chi connectivity index (χ3n) is 7.89. The van der Waals surface area contributed by atoms with Gasteiger partial charge in [0.05, 0.1) is 35.6 Å². The zero-order valence-electron chi connectivity index (χ0n) is 23.7. The van der Waals surface area contributed by atoms with Crippen molar-refractivity contribution in [2.75, 3.05) is 61.6 Å². The molecule has 43 heavy (non-hydrogen) atoms. The Morgan fingerprint density at radius 3 is 2.21 bits per heavy atom. The molecule has 2 fully saturated rings. The first-order valence-corrected chi connectivity index (χ1v) is 13.7. The van der Waals surface area contributed by atoms with E-state index in [0.29, 0.717) is 57.5 Å². The smallest absolute Gasteiger partial charge is 0.378 e. The van der Waals surface area contributed by atoms with Gasteiger partial charge in [-0.1, -0.05) is 0 Å². The first-order valence-electron chi connectivity index (χ1n) is 13.7. The van der Waals surface area contributed by atoms with Gasteiger partial charge >= 0.3 is 6.18 Å². The first-order chi connectivity index (χ1) is 20.3. The maximum Gasteiger partial charge on any atom is 0.417 e. The van der Waals surface area contributed by atoms with Gasteiger partial charge in [-0.2, -0.15) is 13.2 Å². The predicted molar refractivity (Wildman–Crippen MR) is 149 cm³/mol. The van der Waals surface area contributed by atoms with E-state index >= 15 is 8.78 Å². The molecule has 2 aliphatic heterocycles. The molecule has 0 bridgehead atoms. The van der Waals surface area contributed by atoms with Crippen LogP contribution in [0.4, 0.5) is 43.7 Å². The number of carbonyl (C=O) groups is 1.